The third-order valence-corrected chi connectivity index (χ3v) is 21.8. The summed E-state index contributed by atoms with van der Waals surface area (Å²) < 4.78 is 0. The number of primary amides is 1. The molecule has 19 N–H and O–H groups in total. The molecule has 2 aliphatic heterocycles. The van der Waals surface area contributed by atoms with Gasteiger partial charge in [-0.25, -0.2) is 4.98 Å². The number of amides is 12. The molecule has 31 nitrogen and oxygen atoms in total. The molecular weight excluding hydrogens is 1460 g/mol. The molecule has 0 aliphatic carbocycles. The van der Waals surface area contributed by atoms with E-state index in [4.69, 9.17) is 11.5 Å². The minimum Gasteiger partial charge on any atom is -0.508 e. The fourth-order valence-corrected chi connectivity index (χ4v) is 14.6. The van der Waals surface area contributed by atoms with Crippen molar-refractivity contribution >= 4 is 105 Å². The van der Waals surface area contributed by atoms with E-state index in [0.29, 0.717) is 57.8 Å². The van der Waals surface area contributed by atoms with Gasteiger partial charge in [0, 0.05) is 73.0 Å². The van der Waals surface area contributed by atoms with Crippen molar-refractivity contribution in [2.45, 2.75) is 216 Å². The van der Waals surface area contributed by atoms with Crippen LogP contribution in [0.25, 0.3) is 11.0 Å². The summed E-state index contributed by atoms with van der Waals surface area (Å²) in [5.74, 6) is -10.1. The van der Waals surface area contributed by atoms with Gasteiger partial charge in [0.1, 0.15) is 82.6 Å². The van der Waals surface area contributed by atoms with E-state index in [2.05, 4.69) is 63.1 Å². The van der Waals surface area contributed by atoms with Crippen LogP contribution >= 0.6 is 23.5 Å². The van der Waals surface area contributed by atoms with Gasteiger partial charge < -0.3 is 94.9 Å². The Bertz CT molecular complexity index is 4080. The number of rotatable bonds is 14. The first kappa shape index (κ1) is 87.4. The van der Waals surface area contributed by atoms with Crippen molar-refractivity contribution in [1.82, 2.24) is 68.0 Å². The lowest BCUT2D eigenvalue weighted by atomic mass is 9.85. The van der Waals surface area contributed by atoms with E-state index in [1.165, 1.54) is 106 Å². The fraction of sp³-hybridized carbons (Fsp3) is 0.519. The van der Waals surface area contributed by atoms with Crippen molar-refractivity contribution in [2.24, 2.45) is 22.8 Å². The van der Waals surface area contributed by atoms with Crippen molar-refractivity contribution < 1.29 is 78.0 Å². The number of H-pyrrole nitrogens is 1. The van der Waals surface area contributed by atoms with Gasteiger partial charge in [-0.05, 0) is 149 Å². The standard InChI is InChI=1S/C77H107N15O16S2/c1-42(2)77(10)74(108)89-61(45(5)94)70(104)86-57(63(79)98)41-110-40-49-17-13-16-48(34-49)39-109-33-28-59(97)87-62(75(6,7)8)71(105)85-56(36-47-22-26-52(96)27-23-47)72(106)92-32-15-19-58(92)68(102)88-60(44(4)93)69(103)84-55(37-50-38-81-64-53(50)18-14-31-80-64)66(100)90-76(9,29-11-12-30-78)73(107)82-43(3)65(99)83-54(67(101)91-77)35-46-20-24-51(95)25-21-46/h13-14,16-18,20-27,31,34,38,42-45,54-58,60-62,93-96H,11-12,15,19,28-30,32-33,35-37,39-41,78H2,1-10H3,(H2,79,98)(H,80,81)(H,82,107)(H,83,99)(H,84,103)(H,85,105)(H,86,104)(H,87,97)(H,88,102)(H,89,108)(H,90,100)(H,91,101)/t43-,44+,45+,54-,55-,56-,57-,58-,60-,61-,62+,76-,77-/m0/s1. The average molecular weight is 1560 g/mol. The highest BCUT2D eigenvalue weighted by Crippen LogP contribution is 2.27. The molecule has 0 unspecified atom stereocenters. The number of hydrogen-bond acceptors (Lipinski definition) is 20. The predicted molar refractivity (Wildman–Crippen MR) is 416 cm³/mol. The average Bonchev–Trinajstić information content (AvgIpc) is 1.36. The van der Waals surface area contributed by atoms with Crippen molar-refractivity contribution in [3.05, 3.63) is 125 Å². The zero-order chi connectivity index (χ0) is 80.9. The van der Waals surface area contributed by atoms with Crippen LogP contribution in [0.5, 0.6) is 11.5 Å². The molecule has 3 aromatic carbocycles. The molecule has 1 fully saturated rings. The predicted octanol–water partition coefficient (Wildman–Crippen LogP) is 1.29. The number of unbranched alkanes of at least 4 members (excludes halogenated alkanes) is 1. The maximum atomic E-state index is 15.2. The van der Waals surface area contributed by atoms with Gasteiger partial charge in [-0.3, -0.25) is 57.5 Å². The summed E-state index contributed by atoms with van der Waals surface area (Å²) in [6, 6.07) is 9.38. The number of phenols is 2. The van der Waals surface area contributed by atoms with E-state index in [9.17, 15) is 68.4 Å². The van der Waals surface area contributed by atoms with Crippen LogP contribution in [-0.4, -0.2) is 208 Å². The third kappa shape index (κ3) is 24.3. The molecule has 5 aromatic rings. The number of pyridine rings is 1. The van der Waals surface area contributed by atoms with Gasteiger partial charge in [0.15, 0.2) is 0 Å². The number of fused-ring (bicyclic) bond motifs is 4. The quantitative estimate of drug-likeness (QED) is 0.0697. The number of phenolic OH excluding ortho intramolecular Hbond substituents is 2. The van der Waals surface area contributed by atoms with Crippen molar-refractivity contribution in [3.63, 3.8) is 0 Å². The lowest BCUT2D eigenvalue weighted by Crippen LogP contribution is -2.67. The largest absolute Gasteiger partial charge is 0.508 e. The van der Waals surface area contributed by atoms with Gasteiger partial charge in [0.25, 0.3) is 0 Å². The van der Waals surface area contributed by atoms with Gasteiger partial charge in [-0.15, -0.1) is 0 Å². The van der Waals surface area contributed by atoms with Crippen molar-refractivity contribution in [1.29, 1.82) is 0 Å². The number of carbonyl (C=O) groups is 12. The maximum absolute atomic E-state index is 15.2. The van der Waals surface area contributed by atoms with Crippen molar-refractivity contribution in [3.8, 4) is 11.5 Å². The third-order valence-electron chi connectivity index (χ3n) is 19.7. The second-order valence-corrected chi connectivity index (χ2v) is 32.2. The molecule has 0 spiro atoms. The van der Waals surface area contributed by atoms with Crippen LogP contribution in [0.1, 0.15) is 136 Å². The number of nitrogens with two attached hydrogens (primary N) is 2. The molecule has 13 atom stereocenters. The van der Waals surface area contributed by atoms with E-state index >= 15 is 9.59 Å². The molecule has 0 radical (unpaired) electrons. The number of nitrogens with zero attached hydrogens (tertiary/aromatic N) is 2. The molecule has 12 amide bonds. The number of nitrogens with one attached hydrogen (secondary N) is 11. The molecule has 1 saturated heterocycles. The molecule has 7 rings (SSSR count). The normalized spacial score (nSPS) is 25.9. The molecule has 33 heteroatoms. The minimum absolute atomic E-state index is 0.00737. The Morgan fingerprint density at radius 3 is 1.82 bits per heavy atom. The summed E-state index contributed by atoms with van der Waals surface area (Å²) in [6.45, 7) is 15.2. The Balaban J connectivity index is 1.23. The van der Waals surface area contributed by atoms with E-state index < -0.39 is 160 Å². The summed E-state index contributed by atoms with van der Waals surface area (Å²) in [4.78, 5) is 183. The van der Waals surface area contributed by atoms with Gasteiger partial charge >= 0.3 is 0 Å². The second kappa shape index (κ2) is 39.7. The highest BCUT2D eigenvalue weighted by molar-refractivity contribution is 7.98. The first-order valence-electron chi connectivity index (χ1n) is 36.8. The molecule has 2 bridgehead atoms. The number of benzene rings is 3. The molecule has 2 aliphatic rings. The van der Waals surface area contributed by atoms with E-state index in [-0.39, 0.29) is 75.3 Å². The smallest absolute Gasteiger partial charge is 0.246 e. The van der Waals surface area contributed by atoms with Gasteiger partial charge in [-0.1, -0.05) is 83.1 Å². The molecular formula is C77H107N15O16S2. The Hall–Kier alpha value is -9.83. The molecule has 598 valence electrons. The number of aromatic amines is 1. The van der Waals surface area contributed by atoms with Crippen LogP contribution in [0, 0.1) is 11.3 Å². The number of aliphatic hydroxyl groups excluding tert-OH is 2. The van der Waals surface area contributed by atoms with Crippen LogP contribution < -0.4 is 64.6 Å². The summed E-state index contributed by atoms with van der Waals surface area (Å²) in [6.07, 6.45) is 0.122. The summed E-state index contributed by atoms with van der Waals surface area (Å²) in [5, 5.41) is 70.4. The number of aliphatic hydroxyl groups is 2. The van der Waals surface area contributed by atoms with Gasteiger partial charge in [0.05, 0.1) is 12.2 Å². The van der Waals surface area contributed by atoms with Crippen LogP contribution in [0.15, 0.2) is 97.3 Å². The van der Waals surface area contributed by atoms with Crippen LogP contribution in [0.3, 0.4) is 0 Å². The number of hydrogen-bond donors (Lipinski definition) is 17. The molecule has 0 saturated carbocycles. The Labute approximate surface area is 648 Å². The maximum Gasteiger partial charge on any atom is 0.246 e. The van der Waals surface area contributed by atoms with E-state index in [0.717, 1.165) is 11.1 Å². The van der Waals surface area contributed by atoms with Crippen LogP contribution in [0.2, 0.25) is 0 Å². The highest BCUT2D eigenvalue weighted by Gasteiger charge is 2.46. The number of thioether (sulfide) groups is 2. The fourth-order valence-electron chi connectivity index (χ4n) is 12.7. The molecule has 2 aromatic heterocycles. The minimum atomic E-state index is -1.91. The monoisotopic (exact) mass is 1560 g/mol. The van der Waals surface area contributed by atoms with Gasteiger partial charge in [-0.2, -0.15) is 23.5 Å². The summed E-state index contributed by atoms with van der Waals surface area (Å²) >= 11 is 2.72. The lowest BCUT2D eigenvalue weighted by molar-refractivity contribution is -0.143. The SMILES string of the molecule is CC(C)[C@]1(C)NC(=O)[C@H](Cc2ccc(O)cc2)NC(=O)[C@H](C)NC(=O)[C@](C)(CCCCN)NC(=O)[C@H](Cc2c[nH]c3ncccc23)NC(=O)[C@H]([C@@H](C)O)NC(=O)[C@@H]2CCCN2C(=O)[C@H](Cc2ccc(O)cc2)NC(=O)[C@H](C(C)(C)C)NC(=O)CCSCc2cccc(c2)CSC[C@@H](C(N)=O)NC(=O)[C@H]([C@@H](C)O)NC1=O. The zero-order valence-corrected chi connectivity index (χ0v) is 65.5. The molecule has 4 heterocycles. The second-order valence-electron chi connectivity index (χ2n) is 30.0. The lowest BCUT2D eigenvalue weighted by Gasteiger charge is -2.36. The van der Waals surface area contributed by atoms with E-state index in [1.807, 2.05) is 24.3 Å². The highest BCUT2D eigenvalue weighted by atomic mass is 32.2. The van der Waals surface area contributed by atoms with E-state index in [1.54, 1.807) is 65.1 Å². The number of aromatic nitrogens is 2. The molecule has 110 heavy (non-hydrogen) atoms. The number of carbonyl (C=O) groups excluding carboxylic acids is 12. The first-order valence-corrected chi connectivity index (χ1v) is 39.2. The zero-order valence-electron chi connectivity index (χ0n) is 63.8. The van der Waals surface area contributed by atoms with Crippen LogP contribution in [-0.2, 0) is 88.3 Å². The Morgan fingerprint density at radius 1 is 0.645 bits per heavy atom. The van der Waals surface area contributed by atoms with Crippen molar-refractivity contribution in [2.75, 3.05) is 24.6 Å². The van der Waals surface area contributed by atoms with Crippen LogP contribution in [0.4, 0.5) is 0 Å². The van der Waals surface area contributed by atoms with Gasteiger partial charge in [0.2, 0.25) is 70.9 Å². The summed E-state index contributed by atoms with van der Waals surface area (Å²) in [7, 11) is 0. The topological polar surface area (TPSA) is 490 Å². The number of aromatic hydroxyl groups is 2. The Morgan fingerprint density at radius 2 is 1.22 bits per heavy atom. The Kier molecular flexibility index (Phi) is 31.5. The first-order chi connectivity index (χ1) is 51.9. The summed E-state index contributed by atoms with van der Waals surface area (Å²) in [5.41, 5.74) is 10.6.